The summed E-state index contributed by atoms with van der Waals surface area (Å²) in [5, 5.41) is 15.8. The molecule has 2 bridgehead atoms. The number of aliphatic hydroxyl groups excluding tert-OH is 1. The highest BCUT2D eigenvalue weighted by Gasteiger charge is 2.76. The van der Waals surface area contributed by atoms with Gasteiger partial charge in [-0.2, -0.15) is 0 Å². The number of alkyl halides is 1. The average molecular weight is 524 g/mol. The van der Waals surface area contributed by atoms with Gasteiger partial charge in [0.25, 0.3) is 0 Å². The molecule has 3 saturated heterocycles. The summed E-state index contributed by atoms with van der Waals surface area (Å²) in [5.74, 6) is -1.83. The number of hydrogen-bond acceptors (Lipinski definition) is 5. The van der Waals surface area contributed by atoms with E-state index in [9.17, 15) is 19.5 Å². The standard InChI is InChI=1S/C23H30BrN3O4S/c1-12(11-28)27-18(20(30)26-22(2,3)4)23-10-14(24)17(32-23)15(16(23)21(27)31)19(29)25-13-8-6-5-7-9-13/h5-9,12,14-18,28H,10-11H2,1-4H3,(H,25,29)(H,26,30)/t12-,14?,15-,16+,17-,18?,23?/m1/s1. The number of amides is 3. The van der Waals surface area contributed by atoms with Gasteiger partial charge in [-0.25, -0.2) is 0 Å². The number of halogens is 1. The van der Waals surface area contributed by atoms with Crippen molar-refractivity contribution in [2.45, 2.75) is 66.6 Å². The van der Waals surface area contributed by atoms with E-state index in [1.165, 1.54) is 4.90 Å². The van der Waals surface area contributed by atoms with E-state index in [1.807, 2.05) is 51.1 Å². The summed E-state index contributed by atoms with van der Waals surface area (Å²) in [6.07, 6.45) is 0.616. The molecule has 3 aliphatic heterocycles. The third-order valence-electron chi connectivity index (χ3n) is 6.56. The maximum atomic E-state index is 13.8. The number of rotatable bonds is 5. The van der Waals surface area contributed by atoms with Crippen molar-refractivity contribution in [2.24, 2.45) is 11.8 Å². The first kappa shape index (κ1) is 23.6. The second-order valence-electron chi connectivity index (χ2n) is 10.0. The molecule has 0 saturated carbocycles. The molecule has 9 heteroatoms. The number of anilines is 1. The number of carbonyl (C=O) groups excluding carboxylic acids is 3. The predicted molar refractivity (Wildman–Crippen MR) is 129 cm³/mol. The van der Waals surface area contributed by atoms with Crippen LogP contribution in [0.1, 0.15) is 34.1 Å². The Balaban J connectivity index is 1.73. The van der Waals surface area contributed by atoms with E-state index >= 15 is 0 Å². The van der Waals surface area contributed by atoms with Gasteiger partial charge >= 0.3 is 0 Å². The van der Waals surface area contributed by atoms with Gasteiger partial charge in [0, 0.05) is 21.3 Å². The number of benzene rings is 1. The van der Waals surface area contributed by atoms with Crippen LogP contribution in [0, 0.1) is 11.8 Å². The van der Waals surface area contributed by atoms with E-state index in [0.717, 1.165) is 0 Å². The summed E-state index contributed by atoms with van der Waals surface area (Å²) in [7, 11) is 0. The number of para-hydroxylation sites is 1. The zero-order valence-corrected chi connectivity index (χ0v) is 21.1. The van der Waals surface area contributed by atoms with Crippen LogP contribution in [-0.2, 0) is 14.4 Å². The quantitative estimate of drug-likeness (QED) is 0.514. The number of thioether (sulfide) groups is 1. The molecule has 3 heterocycles. The van der Waals surface area contributed by atoms with Gasteiger partial charge in [0.15, 0.2) is 0 Å². The van der Waals surface area contributed by atoms with Crippen molar-refractivity contribution in [3.8, 4) is 0 Å². The number of nitrogens with zero attached hydrogens (tertiary/aromatic N) is 1. The van der Waals surface area contributed by atoms with E-state index in [4.69, 9.17) is 0 Å². The van der Waals surface area contributed by atoms with Crippen LogP contribution in [0.15, 0.2) is 30.3 Å². The van der Waals surface area contributed by atoms with Crippen LogP contribution in [-0.4, -0.2) is 66.8 Å². The zero-order valence-electron chi connectivity index (χ0n) is 18.7. The molecule has 32 heavy (non-hydrogen) atoms. The molecule has 0 radical (unpaired) electrons. The lowest BCUT2D eigenvalue weighted by atomic mass is 9.70. The highest BCUT2D eigenvalue weighted by molar-refractivity contribution is 9.09. The Labute approximate surface area is 201 Å². The lowest BCUT2D eigenvalue weighted by Crippen LogP contribution is -2.59. The van der Waals surface area contributed by atoms with Crippen molar-refractivity contribution in [1.29, 1.82) is 0 Å². The summed E-state index contributed by atoms with van der Waals surface area (Å²) in [6.45, 7) is 7.20. The molecule has 0 aliphatic carbocycles. The molecular formula is C23H30BrN3O4S. The first-order chi connectivity index (χ1) is 15.0. The van der Waals surface area contributed by atoms with Crippen LogP contribution in [0.2, 0.25) is 0 Å². The first-order valence-corrected chi connectivity index (χ1v) is 12.7. The van der Waals surface area contributed by atoms with Crippen molar-refractivity contribution in [1.82, 2.24) is 10.2 Å². The third kappa shape index (κ3) is 3.76. The Bertz CT molecular complexity index is 924. The van der Waals surface area contributed by atoms with Gasteiger partial charge in [0.1, 0.15) is 6.04 Å². The van der Waals surface area contributed by atoms with Crippen LogP contribution < -0.4 is 10.6 Å². The van der Waals surface area contributed by atoms with Gasteiger partial charge in [0.2, 0.25) is 17.7 Å². The van der Waals surface area contributed by atoms with Crippen LogP contribution in [0.4, 0.5) is 5.69 Å². The van der Waals surface area contributed by atoms with E-state index in [-0.39, 0.29) is 34.4 Å². The minimum atomic E-state index is -0.744. The van der Waals surface area contributed by atoms with Crippen molar-refractivity contribution >= 4 is 51.1 Å². The van der Waals surface area contributed by atoms with Gasteiger partial charge in [-0.15, -0.1) is 11.8 Å². The molecule has 3 aliphatic rings. The van der Waals surface area contributed by atoms with E-state index in [0.29, 0.717) is 12.1 Å². The minimum Gasteiger partial charge on any atom is -0.394 e. The monoisotopic (exact) mass is 523 g/mol. The fourth-order valence-electron chi connectivity index (χ4n) is 5.41. The van der Waals surface area contributed by atoms with Crippen molar-refractivity contribution in [2.75, 3.05) is 11.9 Å². The zero-order chi connectivity index (χ0) is 23.4. The second kappa shape index (κ2) is 8.33. The molecule has 3 amide bonds. The summed E-state index contributed by atoms with van der Waals surface area (Å²) >= 11 is 5.33. The lowest BCUT2D eigenvalue weighted by molar-refractivity contribution is -0.142. The molecule has 4 rings (SSSR count). The van der Waals surface area contributed by atoms with Gasteiger partial charge in [-0.1, -0.05) is 34.1 Å². The number of nitrogens with one attached hydrogen (secondary N) is 2. The highest BCUT2D eigenvalue weighted by Crippen LogP contribution is 2.68. The SMILES string of the molecule is C[C@H](CO)N1C(=O)[C@@H]2[C@@H](C(=O)Nc3ccccc3)[C@@H]3SC2(CC3Br)C1C(=O)NC(C)(C)C. The normalized spacial score (nSPS) is 34.4. The predicted octanol–water partition coefficient (Wildman–Crippen LogP) is 2.39. The van der Waals surface area contributed by atoms with E-state index in [2.05, 4.69) is 26.6 Å². The Morgan fingerprint density at radius 1 is 1.28 bits per heavy atom. The second-order valence-corrected chi connectivity index (χ2v) is 12.8. The number of carbonyl (C=O) groups is 3. The van der Waals surface area contributed by atoms with Gasteiger partial charge in [0.05, 0.1) is 29.2 Å². The fourth-order valence-corrected chi connectivity index (χ4v) is 9.01. The fraction of sp³-hybridized carbons (Fsp3) is 0.609. The smallest absolute Gasteiger partial charge is 0.244 e. The van der Waals surface area contributed by atoms with Crippen LogP contribution >= 0.6 is 27.7 Å². The number of aliphatic hydroxyl groups is 1. The van der Waals surface area contributed by atoms with Crippen LogP contribution in [0.3, 0.4) is 0 Å². The molecule has 7 atom stereocenters. The summed E-state index contributed by atoms with van der Waals surface area (Å²) in [5.41, 5.74) is 0.209. The van der Waals surface area contributed by atoms with Gasteiger partial charge in [-0.3, -0.25) is 14.4 Å². The molecule has 7 nitrogen and oxygen atoms in total. The van der Waals surface area contributed by atoms with E-state index < -0.39 is 34.2 Å². The number of fused-ring (bicyclic) bond motifs is 1. The Morgan fingerprint density at radius 3 is 2.53 bits per heavy atom. The molecule has 1 aromatic carbocycles. The Hall–Kier alpha value is -1.58. The maximum Gasteiger partial charge on any atom is 0.244 e. The molecule has 1 aromatic rings. The van der Waals surface area contributed by atoms with Crippen LogP contribution in [0.5, 0.6) is 0 Å². The summed E-state index contributed by atoms with van der Waals surface area (Å²) < 4.78 is -0.715. The van der Waals surface area contributed by atoms with Crippen LogP contribution in [0.25, 0.3) is 0 Å². The molecule has 3 unspecified atom stereocenters. The van der Waals surface area contributed by atoms with Gasteiger partial charge < -0.3 is 20.6 Å². The minimum absolute atomic E-state index is 0.0115. The highest BCUT2D eigenvalue weighted by atomic mass is 79.9. The number of hydrogen-bond donors (Lipinski definition) is 3. The molecular weight excluding hydrogens is 494 g/mol. The van der Waals surface area contributed by atoms with Gasteiger partial charge in [-0.05, 0) is 46.2 Å². The third-order valence-corrected chi connectivity index (χ3v) is 9.78. The molecule has 3 N–H and O–H groups in total. The summed E-state index contributed by atoms with van der Waals surface area (Å²) in [4.78, 5) is 42.2. The number of likely N-dealkylation sites (tertiary alicyclic amines) is 1. The van der Waals surface area contributed by atoms with Crippen molar-refractivity contribution in [3.05, 3.63) is 30.3 Å². The topological polar surface area (TPSA) is 98.7 Å². The Morgan fingerprint density at radius 2 is 1.94 bits per heavy atom. The lowest BCUT2D eigenvalue weighted by Gasteiger charge is -2.38. The molecule has 0 aromatic heterocycles. The average Bonchev–Trinajstić information content (AvgIpc) is 3.30. The first-order valence-electron chi connectivity index (χ1n) is 10.9. The van der Waals surface area contributed by atoms with Crippen molar-refractivity contribution < 1.29 is 19.5 Å². The molecule has 1 spiro atoms. The maximum absolute atomic E-state index is 13.8. The molecule has 174 valence electrons. The Kier molecular flexibility index (Phi) is 6.13. The largest absolute Gasteiger partial charge is 0.394 e. The summed E-state index contributed by atoms with van der Waals surface area (Å²) in [6, 6.07) is 7.93. The van der Waals surface area contributed by atoms with E-state index in [1.54, 1.807) is 18.7 Å². The van der Waals surface area contributed by atoms with Crippen molar-refractivity contribution in [3.63, 3.8) is 0 Å². The molecule has 3 fully saturated rings.